The van der Waals surface area contributed by atoms with Gasteiger partial charge >= 0.3 is 5.69 Å². The van der Waals surface area contributed by atoms with Gasteiger partial charge in [-0.3, -0.25) is 28.9 Å². The number of H-pyrrole nitrogens is 1. The van der Waals surface area contributed by atoms with Gasteiger partial charge in [-0.15, -0.1) is 0 Å². The number of nitro groups is 1. The molecular weight excluding hydrogens is 452 g/mol. The van der Waals surface area contributed by atoms with Crippen LogP contribution in [0.5, 0.6) is 0 Å². The van der Waals surface area contributed by atoms with E-state index in [0.717, 1.165) is 11.3 Å². The first-order valence-corrected chi connectivity index (χ1v) is 10.4. The van der Waals surface area contributed by atoms with E-state index in [0.29, 0.717) is 17.0 Å². The lowest BCUT2D eigenvalue weighted by molar-refractivity contribution is -0.384. The standard InChI is InChI=1S/C23H18N8O4/c1-28-18(15-6-4-3-5-7-15)17(13-25-24-12-14-8-10-16(11-9-14)31(34)35)30-19-20(26-22(28)30)29(2)23(33)27-21(19)32/h3-13H,1-2H3,(H,27,32,33)/b24-12+,25-13+. The molecule has 35 heavy (non-hydrogen) atoms. The van der Waals surface area contributed by atoms with Gasteiger partial charge in [-0.05, 0) is 17.7 Å². The van der Waals surface area contributed by atoms with E-state index in [1.807, 2.05) is 41.9 Å². The first kappa shape index (κ1) is 21.7. The molecule has 5 aromatic rings. The molecule has 0 amide bonds. The first-order valence-electron chi connectivity index (χ1n) is 10.4. The summed E-state index contributed by atoms with van der Waals surface area (Å²) in [6.07, 6.45) is 2.97. The van der Waals surface area contributed by atoms with E-state index in [9.17, 15) is 19.7 Å². The van der Waals surface area contributed by atoms with Crippen molar-refractivity contribution < 1.29 is 4.92 Å². The van der Waals surface area contributed by atoms with Crippen LogP contribution in [0.4, 0.5) is 5.69 Å². The van der Waals surface area contributed by atoms with Crippen LogP contribution in [0.3, 0.4) is 0 Å². The van der Waals surface area contributed by atoms with Crippen molar-refractivity contribution in [3.8, 4) is 11.3 Å². The Kier molecular flexibility index (Phi) is 5.17. The molecule has 0 aliphatic rings. The number of fused-ring (bicyclic) bond motifs is 3. The molecule has 3 aromatic heterocycles. The number of nitrogens with zero attached hydrogens (tertiary/aromatic N) is 7. The molecule has 3 heterocycles. The summed E-state index contributed by atoms with van der Waals surface area (Å²) in [6, 6.07) is 15.4. The molecule has 174 valence electrons. The highest BCUT2D eigenvalue weighted by atomic mass is 16.6. The van der Waals surface area contributed by atoms with Crippen LogP contribution in [0.2, 0.25) is 0 Å². The molecule has 0 unspecified atom stereocenters. The fraction of sp³-hybridized carbons (Fsp3) is 0.0870. The van der Waals surface area contributed by atoms with Crippen molar-refractivity contribution in [2.75, 3.05) is 0 Å². The van der Waals surface area contributed by atoms with Crippen LogP contribution in [0.1, 0.15) is 11.3 Å². The number of aromatic amines is 1. The van der Waals surface area contributed by atoms with Gasteiger partial charge in [-0.25, -0.2) is 4.79 Å². The summed E-state index contributed by atoms with van der Waals surface area (Å²) < 4.78 is 4.74. The van der Waals surface area contributed by atoms with Gasteiger partial charge in [-0.1, -0.05) is 30.3 Å². The Morgan fingerprint density at radius 3 is 2.34 bits per heavy atom. The van der Waals surface area contributed by atoms with Crippen molar-refractivity contribution in [3.05, 3.63) is 96.8 Å². The van der Waals surface area contributed by atoms with E-state index in [1.165, 1.54) is 36.2 Å². The van der Waals surface area contributed by atoms with E-state index < -0.39 is 16.2 Å². The quantitative estimate of drug-likeness (QED) is 0.238. The van der Waals surface area contributed by atoms with Gasteiger partial charge in [0, 0.05) is 31.8 Å². The number of hydrogen-bond donors (Lipinski definition) is 1. The summed E-state index contributed by atoms with van der Waals surface area (Å²) in [7, 11) is 3.35. The second-order valence-corrected chi connectivity index (χ2v) is 7.73. The summed E-state index contributed by atoms with van der Waals surface area (Å²) in [4.78, 5) is 42.1. The average molecular weight is 470 g/mol. The molecule has 1 N–H and O–H groups in total. The SMILES string of the molecule is Cn1c(-c2ccccc2)c(/C=N/N=C/c2ccc([N+](=O)[O-])cc2)n2c3c(=O)[nH]c(=O)n(C)c3nc12. The summed E-state index contributed by atoms with van der Waals surface area (Å²) in [6.45, 7) is 0. The molecule has 12 heteroatoms. The van der Waals surface area contributed by atoms with Crippen LogP contribution in [0.25, 0.3) is 28.2 Å². The van der Waals surface area contributed by atoms with Crippen LogP contribution in [0, 0.1) is 10.1 Å². The van der Waals surface area contributed by atoms with E-state index in [4.69, 9.17) is 0 Å². The van der Waals surface area contributed by atoms with Crippen molar-refractivity contribution in [2.24, 2.45) is 24.3 Å². The fourth-order valence-electron chi connectivity index (χ4n) is 3.93. The summed E-state index contributed by atoms with van der Waals surface area (Å²) in [5, 5.41) is 19.1. The van der Waals surface area contributed by atoms with E-state index >= 15 is 0 Å². The van der Waals surface area contributed by atoms with Crippen LogP contribution in [-0.2, 0) is 14.1 Å². The zero-order valence-corrected chi connectivity index (χ0v) is 18.6. The van der Waals surface area contributed by atoms with Gasteiger partial charge in [0.1, 0.15) is 0 Å². The molecule has 12 nitrogen and oxygen atoms in total. The smallest absolute Gasteiger partial charge is 0.312 e. The molecule has 0 fully saturated rings. The summed E-state index contributed by atoms with van der Waals surface area (Å²) in [5.74, 6) is 0.450. The highest BCUT2D eigenvalue weighted by Crippen LogP contribution is 2.28. The number of rotatable bonds is 5. The summed E-state index contributed by atoms with van der Waals surface area (Å²) in [5.41, 5.74) is 2.11. The number of imidazole rings is 2. The van der Waals surface area contributed by atoms with Gasteiger partial charge in [0.2, 0.25) is 5.78 Å². The number of nitro benzene ring substituents is 1. The minimum absolute atomic E-state index is 0.0172. The number of aromatic nitrogens is 5. The van der Waals surface area contributed by atoms with Crippen molar-refractivity contribution in [2.45, 2.75) is 0 Å². The normalized spacial score (nSPS) is 11.9. The number of non-ortho nitro benzene ring substituents is 1. The lowest BCUT2D eigenvalue weighted by atomic mass is 10.1. The number of benzene rings is 2. The van der Waals surface area contributed by atoms with Gasteiger partial charge in [0.25, 0.3) is 11.2 Å². The monoisotopic (exact) mass is 470 g/mol. The maximum absolute atomic E-state index is 12.8. The largest absolute Gasteiger partial charge is 0.329 e. The molecule has 5 rings (SSSR count). The highest BCUT2D eigenvalue weighted by Gasteiger charge is 2.22. The Bertz CT molecular complexity index is 1770. The maximum Gasteiger partial charge on any atom is 0.329 e. The Hall–Kier alpha value is -5.13. The van der Waals surface area contributed by atoms with Gasteiger partial charge in [-0.2, -0.15) is 15.2 Å². The predicted octanol–water partition coefficient (Wildman–Crippen LogP) is 2.24. The van der Waals surface area contributed by atoms with E-state index in [2.05, 4.69) is 20.2 Å². The Morgan fingerprint density at radius 1 is 0.971 bits per heavy atom. The van der Waals surface area contributed by atoms with Crippen molar-refractivity contribution in [1.29, 1.82) is 0 Å². The topological polar surface area (TPSA) is 145 Å². The average Bonchev–Trinajstić information content (AvgIpc) is 3.37. The minimum Gasteiger partial charge on any atom is -0.312 e. The van der Waals surface area contributed by atoms with Crippen molar-refractivity contribution in [1.82, 2.24) is 23.5 Å². The van der Waals surface area contributed by atoms with Crippen molar-refractivity contribution >= 4 is 35.1 Å². The number of hydrogen-bond acceptors (Lipinski definition) is 7. The zero-order chi connectivity index (χ0) is 24.7. The first-order chi connectivity index (χ1) is 16.9. The predicted molar refractivity (Wildman–Crippen MR) is 131 cm³/mol. The lowest BCUT2D eigenvalue weighted by Gasteiger charge is -2.05. The molecule has 0 aliphatic carbocycles. The zero-order valence-electron chi connectivity index (χ0n) is 18.6. The molecule has 2 aromatic carbocycles. The fourth-order valence-corrected chi connectivity index (χ4v) is 3.93. The molecule has 0 saturated heterocycles. The van der Waals surface area contributed by atoms with Crippen LogP contribution in [0.15, 0.2) is 74.4 Å². The molecule has 0 bridgehead atoms. The highest BCUT2D eigenvalue weighted by molar-refractivity contribution is 5.93. The molecular formula is C23H18N8O4. The second-order valence-electron chi connectivity index (χ2n) is 7.73. The van der Waals surface area contributed by atoms with Crippen LogP contribution in [-0.4, -0.2) is 40.9 Å². The van der Waals surface area contributed by atoms with Gasteiger partial charge in [0.05, 0.1) is 28.7 Å². The number of nitrogens with one attached hydrogen (secondary N) is 1. The van der Waals surface area contributed by atoms with Crippen molar-refractivity contribution in [3.63, 3.8) is 0 Å². The number of aryl methyl sites for hydroxylation is 2. The van der Waals surface area contributed by atoms with E-state index in [1.54, 1.807) is 16.5 Å². The third-order valence-electron chi connectivity index (χ3n) is 5.62. The molecule has 0 radical (unpaired) electrons. The Labute approximate surface area is 196 Å². The molecule has 0 aliphatic heterocycles. The maximum atomic E-state index is 12.8. The van der Waals surface area contributed by atoms with Crippen LogP contribution < -0.4 is 11.2 Å². The lowest BCUT2D eigenvalue weighted by Crippen LogP contribution is -2.28. The molecule has 0 spiro atoms. The Morgan fingerprint density at radius 2 is 1.66 bits per heavy atom. The second kappa shape index (κ2) is 8.33. The molecule has 0 atom stereocenters. The van der Waals surface area contributed by atoms with Crippen LogP contribution >= 0.6 is 0 Å². The Balaban J connectivity index is 1.68. The van der Waals surface area contributed by atoms with Gasteiger partial charge in [0.15, 0.2) is 11.2 Å². The third-order valence-corrected chi connectivity index (χ3v) is 5.62. The third kappa shape index (κ3) is 3.62. The minimum atomic E-state index is -0.565. The van der Waals surface area contributed by atoms with E-state index in [-0.39, 0.29) is 16.9 Å². The van der Waals surface area contributed by atoms with Gasteiger partial charge < -0.3 is 4.57 Å². The summed E-state index contributed by atoms with van der Waals surface area (Å²) >= 11 is 0. The molecule has 0 saturated carbocycles.